The van der Waals surface area contributed by atoms with Crippen LogP contribution in [-0.4, -0.2) is 58.1 Å². The van der Waals surface area contributed by atoms with Crippen LogP contribution >= 0.6 is 12.2 Å². The number of hydrazine groups is 1. The minimum Gasteiger partial charge on any atom is -0.360 e. The number of benzene rings is 1. The second kappa shape index (κ2) is 7.66. The molecule has 0 aliphatic carbocycles. The smallest absolute Gasteiger partial charge is 0.260 e. The van der Waals surface area contributed by atoms with Crippen molar-refractivity contribution in [3.05, 3.63) is 24.3 Å². The van der Waals surface area contributed by atoms with E-state index < -0.39 is 0 Å². The van der Waals surface area contributed by atoms with Crippen molar-refractivity contribution >= 4 is 34.3 Å². The third-order valence-electron chi connectivity index (χ3n) is 2.87. The molecule has 1 aromatic carbocycles. The van der Waals surface area contributed by atoms with E-state index in [2.05, 4.69) is 26.5 Å². The highest BCUT2D eigenvalue weighted by atomic mass is 32.1. The first-order valence-electron chi connectivity index (χ1n) is 6.82. The van der Waals surface area contributed by atoms with Crippen LogP contribution in [-0.2, 0) is 11.3 Å². The summed E-state index contributed by atoms with van der Waals surface area (Å²) >= 11 is 5.06. The largest absolute Gasteiger partial charge is 0.360 e. The molecule has 0 fully saturated rings. The summed E-state index contributed by atoms with van der Waals surface area (Å²) in [7, 11) is 3.95. The van der Waals surface area contributed by atoms with Gasteiger partial charge in [-0.2, -0.15) is 0 Å². The van der Waals surface area contributed by atoms with E-state index in [4.69, 9.17) is 12.2 Å². The molecule has 0 aliphatic rings. The summed E-state index contributed by atoms with van der Waals surface area (Å²) in [4.78, 5) is 13.9. The Balaban J connectivity index is 1.77. The molecule has 2 aromatic rings. The topological polar surface area (TPSA) is 87.1 Å². The second-order valence-electron chi connectivity index (χ2n) is 4.97. The van der Waals surface area contributed by atoms with E-state index in [0.717, 1.165) is 17.6 Å². The van der Waals surface area contributed by atoms with Gasteiger partial charge in [-0.15, -0.1) is 5.10 Å². The lowest BCUT2D eigenvalue weighted by Gasteiger charge is -2.13. The van der Waals surface area contributed by atoms with Crippen molar-refractivity contribution in [1.82, 2.24) is 36.1 Å². The molecule has 0 saturated heterocycles. The average Bonchev–Trinajstić information content (AvgIpc) is 2.88. The molecular formula is C13H19N7OS. The SMILES string of the molecule is CN(C)CCNC(=S)NNC(=O)Cn1nnc2ccccc21. The van der Waals surface area contributed by atoms with Crippen LogP contribution in [0.1, 0.15) is 0 Å². The number of rotatable bonds is 5. The number of hydrogen-bond acceptors (Lipinski definition) is 5. The van der Waals surface area contributed by atoms with E-state index in [1.54, 1.807) is 0 Å². The zero-order chi connectivity index (χ0) is 15.9. The molecule has 118 valence electrons. The minimum absolute atomic E-state index is 0.0633. The van der Waals surface area contributed by atoms with Crippen LogP contribution in [0.3, 0.4) is 0 Å². The van der Waals surface area contributed by atoms with E-state index in [-0.39, 0.29) is 12.5 Å². The molecule has 0 radical (unpaired) electrons. The molecule has 1 heterocycles. The number of hydrogen-bond donors (Lipinski definition) is 3. The fraction of sp³-hybridized carbons (Fsp3) is 0.385. The summed E-state index contributed by atoms with van der Waals surface area (Å²) < 4.78 is 1.54. The quantitative estimate of drug-likeness (QED) is 0.505. The Morgan fingerprint density at radius 1 is 1.32 bits per heavy atom. The Morgan fingerprint density at radius 3 is 2.86 bits per heavy atom. The van der Waals surface area contributed by atoms with Crippen LogP contribution in [0.15, 0.2) is 24.3 Å². The fourth-order valence-electron chi connectivity index (χ4n) is 1.77. The second-order valence-corrected chi connectivity index (χ2v) is 5.38. The summed E-state index contributed by atoms with van der Waals surface area (Å²) in [5.74, 6) is -0.257. The van der Waals surface area contributed by atoms with Crippen molar-refractivity contribution in [1.29, 1.82) is 0 Å². The van der Waals surface area contributed by atoms with Gasteiger partial charge in [-0.3, -0.25) is 15.6 Å². The first-order chi connectivity index (χ1) is 10.6. The van der Waals surface area contributed by atoms with Gasteiger partial charge < -0.3 is 10.2 Å². The van der Waals surface area contributed by atoms with E-state index >= 15 is 0 Å². The summed E-state index contributed by atoms with van der Waals surface area (Å²) in [5, 5.41) is 11.3. The molecule has 0 unspecified atom stereocenters. The Morgan fingerprint density at radius 2 is 2.09 bits per heavy atom. The number of fused-ring (bicyclic) bond motifs is 1. The third kappa shape index (κ3) is 4.64. The molecule has 0 bridgehead atoms. The van der Waals surface area contributed by atoms with Crippen molar-refractivity contribution in [2.75, 3.05) is 27.2 Å². The molecule has 8 nitrogen and oxygen atoms in total. The van der Waals surface area contributed by atoms with Crippen molar-refractivity contribution < 1.29 is 4.79 Å². The zero-order valence-electron chi connectivity index (χ0n) is 12.5. The summed E-state index contributed by atoms with van der Waals surface area (Å²) in [6.07, 6.45) is 0. The summed E-state index contributed by atoms with van der Waals surface area (Å²) in [5.41, 5.74) is 6.75. The van der Waals surface area contributed by atoms with Crippen molar-refractivity contribution in [2.45, 2.75) is 6.54 Å². The zero-order valence-corrected chi connectivity index (χ0v) is 13.4. The van der Waals surface area contributed by atoms with Gasteiger partial charge in [-0.1, -0.05) is 17.3 Å². The molecule has 9 heteroatoms. The average molecular weight is 321 g/mol. The fourth-order valence-corrected chi connectivity index (χ4v) is 1.93. The Labute approximate surface area is 133 Å². The highest BCUT2D eigenvalue weighted by Gasteiger charge is 2.08. The van der Waals surface area contributed by atoms with E-state index in [0.29, 0.717) is 11.7 Å². The first kappa shape index (κ1) is 16.1. The number of nitrogens with one attached hydrogen (secondary N) is 3. The molecule has 2 rings (SSSR count). The number of thiocarbonyl (C=S) groups is 1. The lowest BCUT2D eigenvalue weighted by Crippen LogP contribution is -2.48. The maximum Gasteiger partial charge on any atom is 0.260 e. The van der Waals surface area contributed by atoms with Crippen LogP contribution in [0, 0.1) is 0 Å². The number of para-hydroxylation sites is 1. The van der Waals surface area contributed by atoms with Gasteiger partial charge in [0.25, 0.3) is 5.91 Å². The van der Waals surface area contributed by atoms with Gasteiger partial charge in [-0.25, -0.2) is 4.68 Å². The Hall–Kier alpha value is -2.26. The predicted molar refractivity (Wildman–Crippen MR) is 88.0 cm³/mol. The standard InChI is InChI=1S/C13H19N7OS/c1-19(2)8-7-14-13(22)17-16-12(21)9-20-11-6-4-3-5-10(11)15-18-20/h3-6H,7-9H2,1-2H3,(H,16,21)(H2,14,17,22). The lowest BCUT2D eigenvalue weighted by atomic mass is 10.3. The maximum atomic E-state index is 11.9. The van der Waals surface area contributed by atoms with Crippen molar-refractivity contribution in [2.24, 2.45) is 0 Å². The highest BCUT2D eigenvalue weighted by Crippen LogP contribution is 2.08. The van der Waals surface area contributed by atoms with Crippen molar-refractivity contribution in [3.63, 3.8) is 0 Å². The van der Waals surface area contributed by atoms with Crippen LogP contribution in [0.4, 0.5) is 0 Å². The predicted octanol–water partition coefficient (Wildman–Crippen LogP) is -0.512. The van der Waals surface area contributed by atoms with Gasteiger partial charge in [0.1, 0.15) is 12.1 Å². The molecule has 1 aromatic heterocycles. The van der Waals surface area contributed by atoms with E-state index in [9.17, 15) is 4.79 Å². The lowest BCUT2D eigenvalue weighted by molar-refractivity contribution is -0.122. The number of amides is 1. The summed E-state index contributed by atoms with van der Waals surface area (Å²) in [6, 6.07) is 7.46. The van der Waals surface area contributed by atoms with Crippen LogP contribution in [0.2, 0.25) is 0 Å². The van der Waals surface area contributed by atoms with Gasteiger partial charge in [0, 0.05) is 13.1 Å². The number of carbonyl (C=O) groups excluding carboxylic acids is 1. The van der Waals surface area contributed by atoms with Crippen LogP contribution < -0.4 is 16.2 Å². The molecule has 1 amide bonds. The highest BCUT2D eigenvalue weighted by molar-refractivity contribution is 7.80. The minimum atomic E-state index is -0.257. The number of aromatic nitrogens is 3. The van der Waals surface area contributed by atoms with Crippen LogP contribution in [0.5, 0.6) is 0 Å². The molecule has 3 N–H and O–H groups in total. The van der Waals surface area contributed by atoms with E-state index in [1.165, 1.54) is 4.68 Å². The van der Waals surface area contributed by atoms with Gasteiger partial charge in [-0.05, 0) is 38.4 Å². The first-order valence-corrected chi connectivity index (χ1v) is 7.23. The monoisotopic (exact) mass is 321 g/mol. The normalized spacial score (nSPS) is 10.7. The maximum absolute atomic E-state index is 11.9. The summed E-state index contributed by atoms with van der Waals surface area (Å²) in [6.45, 7) is 1.61. The van der Waals surface area contributed by atoms with Gasteiger partial charge >= 0.3 is 0 Å². The molecule has 0 spiro atoms. The molecule has 0 saturated carbocycles. The number of nitrogens with zero attached hydrogens (tertiary/aromatic N) is 4. The van der Waals surface area contributed by atoms with Gasteiger partial charge in [0.15, 0.2) is 5.11 Å². The Bertz CT molecular complexity index is 655. The number of likely N-dealkylation sites (N-methyl/N-ethyl adjacent to an activating group) is 1. The van der Waals surface area contributed by atoms with Gasteiger partial charge in [0.2, 0.25) is 0 Å². The van der Waals surface area contributed by atoms with Crippen molar-refractivity contribution in [3.8, 4) is 0 Å². The third-order valence-corrected chi connectivity index (χ3v) is 3.12. The van der Waals surface area contributed by atoms with Gasteiger partial charge in [0.05, 0.1) is 5.52 Å². The Kier molecular flexibility index (Phi) is 5.61. The van der Waals surface area contributed by atoms with E-state index in [1.807, 2.05) is 43.3 Å². The molecular weight excluding hydrogens is 302 g/mol. The molecule has 22 heavy (non-hydrogen) atoms. The van der Waals surface area contributed by atoms with Crippen LogP contribution in [0.25, 0.3) is 11.0 Å². The molecule has 0 atom stereocenters. The number of carbonyl (C=O) groups is 1. The molecule has 0 aliphatic heterocycles.